The van der Waals surface area contributed by atoms with Gasteiger partial charge in [-0.2, -0.15) is 0 Å². The summed E-state index contributed by atoms with van der Waals surface area (Å²) in [5.74, 6) is 0. The van der Waals surface area contributed by atoms with Crippen molar-refractivity contribution in [3.05, 3.63) is 10.6 Å². The summed E-state index contributed by atoms with van der Waals surface area (Å²) >= 11 is 1.84. The molecule has 1 aromatic rings. The number of anilines is 1. The Labute approximate surface area is 135 Å². The lowest BCUT2D eigenvalue weighted by Gasteiger charge is -2.34. The minimum Gasteiger partial charge on any atom is -0.346 e. The Morgan fingerprint density at radius 2 is 1.76 bits per heavy atom. The van der Waals surface area contributed by atoms with Crippen LogP contribution in [0.2, 0.25) is 0 Å². The van der Waals surface area contributed by atoms with E-state index in [1.54, 1.807) is 0 Å². The van der Waals surface area contributed by atoms with Gasteiger partial charge in [0, 0.05) is 29.4 Å². The highest BCUT2D eigenvalue weighted by atomic mass is 32.1. The summed E-state index contributed by atoms with van der Waals surface area (Å²) in [4.78, 5) is 8.69. The van der Waals surface area contributed by atoms with E-state index in [0.717, 1.165) is 24.6 Å². The molecule has 1 rings (SSSR count). The minimum atomic E-state index is 0.0924. The lowest BCUT2D eigenvalue weighted by molar-refractivity contribution is 0.468. The van der Waals surface area contributed by atoms with Crippen LogP contribution < -0.4 is 10.2 Å². The zero-order chi connectivity index (χ0) is 16.3. The average molecular weight is 312 g/mol. The maximum absolute atomic E-state index is 4.98. The van der Waals surface area contributed by atoms with E-state index < -0.39 is 0 Å². The number of thiazole rings is 1. The van der Waals surface area contributed by atoms with E-state index in [2.05, 4.69) is 65.7 Å². The van der Waals surface area contributed by atoms with Crippen LogP contribution in [-0.4, -0.2) is 24.1 Å². The standard InChI is InChI=1S/C17H33N3S/c1-9-11-18-12-13-14(16(3,4)5)19-15(21-13)20(8)17(6,7)10-2/h18H,9-12H2,1-8H3. The largest absolute Gasteiger partial charge is 0.346 e. The molecule has 1 heterocycles. The first kappa shape index (κ1) is 18.4. The van der Waals surface area contributed by atoms with E-state index in [4.69, 9.17) is 4.98 Å². The molecule has 3 nitrogen and oxygen atoms in total. The monoisotopic (exact) mass is 311 g/mol. The van der Waals surface area contributed by atoms with Crippen molar-refractivity contribution >= 4 is 16.5 Å². The van der Waals surface area contributed by atoms with Gasteiger partial charge in [-0.3, -0.25) is 0 Å². The van der Waals surface area contributed by atoms with Crippen LogP contribution in [-0.2, 0) is 12.0 Å². The van der Waals surface area contributed by atoms with Crippen LogP contribution in [0.4, 0.5) is 5.13 Å². The second-order valence-corrected chi connectivity index (χ2v) is 8.48. The molecular weight excluding hydrogens is 278 g/mol. The molecule has 21 heavy (non-hydrogen) atoms. The highest BCUT2D eigenvalue weighted by molar-refractivity contribution is 7.15. The van der Waals surface area contributed by atoms with Gasteiger partial charge >= 0.3 is 0 Å². The molecule has 0 radical (unpaired) electrons. The number of aromatic nitrogens is 1. The van der Waals surface area contributed by atoms with E-state index in [9.17, 15) is 0 Å². The average Bonchev–Trinajstić information content (AvgIpc) is 2.82. The van der Waals surface area contributed by atoms with Crippen LogP contribution in [0.15, 0.2) is 0 Å². The fourth-order valence-electron chi connectivity index (χ4n) is 2.06. The molecule has 0 aromatic carbocycles. The third kappa shape index (κ3) is 4.68. The highest BCUT2D eigenvalue weighted by Crippen LogP contribution is 2.36. The fraction of sp³-hybridized carbons (Fsp3) is 0.824. The van der Waals surface area contributed by atoms with Crippen molar-refractivity contribution in [2.45, 2.75) is 78.8 Å². The first-order chi connectivity index (χ1) is 9.63. The van der Waals surface area contributed by atoms with E-state index in [1.165, 1.54) is 17.0 Å². The van der Waals surface area contributed by atoms with Crippen molar-refractivity contribution in [3.8, 4) is 0 Å². The van der Waals surface area contributed by atoms with E-state index in [1.807, 2.05) is 11.3 Å². The number of nitrogens with zero attached hydrogens (tertiary/aromatic N) is 2. The fourth-order valence-corrected chi connectivity index (χ4v) is 3.43. The Balaban J connectivity index is 3.08. The third-order valence-electron chi connectivity index (χ3n) is 4.17. The van der Waals surface area contributed by atoms with Gasteiger partial charge in [-0.1, -0.05) is 34.6 Å². The number of rotatable bonds is 7. The van der Waals surface area contributed by atoms with Gasteiger partial charge < -0.3 is 10.2 Å². The van der Waals surface area contributed by atoms with Gasteiger partial charge in [-0.15, -0.1) is 11.3 Å². The van der Waals surface area contributed by atoms with Crippen LogP contribution >= 0.6 is 11.3 Å². The van der Waals surface area contributed by atoms with Gasteiger partial charge in [0.25, 0.3) is 0 Å². The summed E-state index contributed by atoms with van der Waals surface area (Å²) < 4.78 is 0. The molecule has 4 heteroatoms. The van der Waals surface area contributed by atoms with Gasteiger partial charge in [0.1, 0.15) is 0 Å². The second kappa shape index (κ2) is 7.10. The predicted molar refractivity (Wildman–Crippen MR) is 95.6 cm³/mol. The van der Waals surface area contributed by atoms with Crippen LogP contribution in [0.3, 0.4) is 0 Å². The van der Waals surface area contributed by atoms with Crippen molar-refractivity contribution in [3.63, 3.8) is 0 Å². The van der Waals surface area contributed by atoms with Crippen molar-refractivity contribution < 1.29 is 0 Å². The van der Waals surface area contributed by atoms with Gasteiger partial charge in [0.2, 0.25) is 0 Å². The minimum absolute atomic E-state index is 0.0924. The van der Waals surface area contributed by atoms with Crippen LogP contribution in [0.1, 0.15) is 71.9 Å². The van der Waals surface area contributed by atoms with Crippen LogP contribution in [0.5, 0.6) is 0 Å². The molecule has 0 spiro atoms. The first-order valence-electron chi connectivity index (χ1n) is 8.08. The SMILES string of the molecule is CCCNCc1sc(N(C)C(C)(C)CC)nc1C(C)(C)C. The summed E-state index contributed by atoms with van der Waals surface area (Å²) in [6.45, 7) is 17.7. The molecule has 0 saturated heterocycles. The summed E-state index contributed by atoms with van der Waals surface area (Å²) in [6, 6.07) is 0. The smallest absolute Gasteiger partial charge is 0.186 e. The summed E-state index contributed by atoms with van der Waals surface area (Å²) in [5.41, 5.74) is 1.47. The molecule has 0 aliphatic rings. The Morgan fingerprint density at radius 1 is 1.14 bits per heavy atom. The molecule has 0 amide bonds. The molecular formula is C17H33N3S. The highest BCUT2D eigenvalue weighted by Gasteiger charge is 2.28. The first-order valence-corrected chi connectivity index (χ1v) is 8.89. The van der Waals surface area contributed by atoms with Crippen molar-refractivity contribution in [2.24, 2.45) is 0 Å². The van der Waals surface area contributed by atoms with Gasteiger partial charge in [0.15, 0.2) is 5.13 Å². The summed E-state index contributed by atoms with van der Waals surface area (Å²) in [7, 11) is 2.16. The predicted octanol–water partition coefficient (Wildman–Crippen LogP) is 4.57. The summed E-state index contributed by atoms with van der Waals surface area (Å²) in [5, 5.41) is 4.66. The molecule has 0 saturated carbocycles. The Hall–Kier alpha value is -0.610. The second-order valence-electron chi connectivity index (χ2n) is 7.42. The quantitative estimate of drug-likeness (QED) is 0.748. The van der Waals surface area contributed by atoms with E-state index in [0.29, 0.717) is 0 Å². The molecule has 1 N–H and O–H groups in total. The zero-order valence-corrected chi connectivity index (χ0v) is 15.9. The molecule has 0 atom stereocenters. The van der Waals surface area contributed by atoms with E-state index in [-0.39, 0.29) is 11.0 Å². The Kier molecular flexibility index (Phi) is 6.23. The van der Waals surface area contributed by atoms with E-state index >= 15 is 0 Å². The van der Waals surface area contributed by atoms with Crippen LogP contribution in [0, 0.1) is 0 Å². The van der Waals surface area contributed by atoms with Gasteiger partial charge in [0.05, 0.1) is 5.69 Å². The molecule has 0 fully saturated rings. The molecule has 0 bridgehead atoms. The topological polar surface area (TPSA) is 28.2 Å². The lowest BCUT2D eigenvalue weighted by Crippen LogP contribution is -2.40. The zero-order valence-electron chi connectivity index (χ0n) is 15.1. The maximum atomic E-state index is 4.98. The normalized spacial score (nSPS) is 12.8. The number of nitrogens with one attached hydrogen (secondary N) is 1. The Morgan fingerprint density at radius 3 is 2.24 bits per heavy atom. The Bertz CT molecular complexity index is 443. The lowest BCUT2D eigenvalue weighted by atomic mass is 9.91. The molecule has 1 aromatic heterocycles. The maximum Gasteiger partial charge on any atom is 0.186 e. The van der Waals surface area contributed by atoms with Crippen molar-refractivity contribution in [2.75, 3.05) is 18.5 Å². The molecule has 0 unspecified atom stereocenters. The molecule has 0 aliphatic carbocycles. The van der Waals surface area contributed by atoms with Crippen molar-refractivity contribution in [1.82, 2.24) is 10.3 Å². The van der Waals surface area contributed by atoms with Gasteiger partial charge in [-0.25, -0.2) is 4.98 Å². The van der Waals surface area contributed by atoms with Crippen molar-refractivity contribution in [1.29, 1.82) is 0 Å². The van der Waals surface area contributed by atoms with Crippen LogP contribution in [0.25, 0.3) is 0 Å². The third-order valence-corrected chi connectivity index (χ3v) is 5.30. The number of hydrogen-bond acceptors (Lipinski definition) is 4. The number of hydrogen-bond donors (Lipinski definition) is 1. The van der Waals surface area contributed by atoms with Gasteiger partial charge in [-0.05, 0) is 33.2 Å². The summed E-state index contributed by atoms with van der Waals surface area (Å²) in [6.07, 6.45) is 2.27. The molecule has 0 aliphatic heterocycles. The molecule has 122 valence electrons.